The molecule has 0 aromatic carbocycles. The van der Waals surface area contributed by atoms with E-state index in [1.807, 2.05) is 0 Å². The van der Waals surface area contributed by atoms with Crippen LogP contribution in [0.3, 0.4) is 0 Å². The number of halogens is 1. The zero-order chi connectivity index (χ0) is 14.9. The van der Waals surface area contributed by atoms with Crippen LogP contribution in [0.15, 0.2) is 0 Å². The molecular weight excluding hydrogens is 286 g/mol. The van der Waals surface area contributed by atoms with Crippen molar-refractivity contribution in [1.29, 1.82) is 0 Å². The molecule has 1 saturated carbocycles. The van der Waals surface area contributed by atoms with Gasteiger partial charge in [0.2, 0.25) is 0 Å². The van der Waals surface area contributed by atoms with Crippen LogP contribution in [0.1, 0.15) is 58.3 Å². The lowest BCUT2D eigenvalue weighted by Crippen LogP contribution is -2.50. The summed E-state index contributed by atoms with van der Waals surface area (Å²) in [5.74, 6) is 0. The van der Waals surface area contributed by atoms with Gasteiger partial charge in [0.15, 0.2) is 0 Å². The summed E-state index contributed by atoms with van der Waals surface area (Å²) in [6.45, 7) is 6.75. The summed E-state index contributed by atoms with van der Waals surface area (Å²) in [5, 5.41) is 0.216. The molecular formula is C17H31ClNO2. The molecule has 2 fully saturated rings. The molecule has 0 spiro atoms. The minimum atomic E-state index is 0.216. The summed E-state index contributed by atoms with van der Waals surface area (Å²) < 4.78 is 11.7. The number of hydrogen-bond donors (Lipinski definition) is 0. The fraction of sp³-hybridized carbons (Fsp3) is 0.941. The van der Waals surface area contributed by atoms with Gasteiger partial charge in [-0.25, -0.2) is 0 Å². The second-order valence-corrected chi connectivity index (χ2v) is 6.79. The van der Waals surface area contributed by atoms with Gasteiger partial charge in [-0.3, -0.25) is 4.90 Å². The van der Waals surface area contributed by atoms with E-state index in [0.29, 0.717) is 19.3 Å². The molecule has 2 aliphatic rings. The van der Waals surface area contributed by atoms with E-state index in [1.165, 1.54) is 44.9 Å². The molecule has 0 aromatic heterocycles. The number of nitrogens with zero attached hydrogens (tertiary/aromatic N) is 1. The average molecular weight is 317 g/mol. The molecule has 1 aliphatic heterocycles. The van der Waals surface area contributed by atoms with Crippen molar-refractivity contribution in [2.75, 3.05) is 32.9 Å². The van der Waals surface area contributed by atoms with Gasteiger partial charge >= 0.3 is 0 Å². The fourth-order valence-corrected chi connectivity index (χ4v) is 3.80. The zero-order valence-electron chi connectivity index (χ0n) is 13.5. The van der Waals surface area contributed by atoms with E-state index in [1.54, 1.807) is 0 Å². The number of hydrogen-bond acceptors (Lipinski definition) is 3. The number of piperidine rings is 1. The highest BCUT2D eigenvalue weighted by atomic mass is 35.5. The molecule has 0 N–H and O–H groups in total. The lowest BCUT2D eigenvalue weighted by Gasteiger charge is -2.43. The van der Waals surface area contributed by atoms with Crippen LogP contribution in [0.25, 0.3) is 0 Å². The number of likely N-dealkylation sites (tertiary alicyclic amines) is 1. The first-order chi connectivity index (χ1) is 10.3. The summed E-state index contributed by atoms with van der Waals surface area (Å²) in [5.41, 5.74) is 0. The van der Waals surface area contributed by atoms with Crippen LogP contribution in [0.4, 0.5) is 0 Å². The monoisotopic (exact) mass is 316 g/mol. The van der Waals surface area contributed by atoms with Crippen molar-refractivity contribution in [1.82, 2.24) is 4.90 Å². The third kappa shape index (κ3) is 5.70. The Balaban J connectivity index is 1.75. The highest BCUT2D eigenvalue weighted by Crippen LogP contribution is 2.35. The SMILES string of the molecule is CCCCOCCO[C]1CCCC(Cl)C1N1CCCCC1. The van der Waals surface area contributed by atoms with Crippen molar-refractivity contribution in [3.8, 4) is 0 Å². The van der Waals surface area contributed by atoms with E-state index in [9.17, 15) is 0 Å². The Morgan fingerprint density at radius 1 is 1.10 bits per heavy atom. The molecule has 1 heterocycles. The zero-order valence-corrected chi connectivity index (χ0v) is 14.2. The third-order valence-electron chi connectivity index (χ3n) is 4.52. The molecule has 1 saturated heterocycles. The van der Waals surface area contributed by atoms with Crippen LogP contribution < -0.4 is 0 Å². The smallest absolute Gasteiger partial charge is 0.116 e. The highest BCUT2D eigenvalue weighted by molar-refractivity contribution is 6.21. The molecule has 2 unspecified atom stereocenters. The predicted octanol–water partition coefficient (Wildman–Crippen LogP) is 4.00. The molecule has 1 radical (unpaired) electrons. The van der Waals surface area contributed by atoms with E-state index in [0.717, 1.165) is 32.3 Å². The minimum absolute atomic E-state index is 0.216. The Labute approximate surface area is 135 Å². The van der Waals surface area contributed by atoms with Crippen molar-refractivity contribution in [3.05, 3.63) is 6.10 Å². The first-order valence-electron chi connectivity index (χ1n) is 8.77. The number of rotatable bonds is 8. The average Bonchev–Trinajstić information content (AvgIpc) is 2.52. The summed E-state index contributed by atoms with van der Waals surface area (Å²) in [4.78, 5) is 2.55. The van der Waals surface area contributed by atoms with Crippen LogP contribution >= 0.6 is 11.6 Å². The van der Waals surface area contributed by atoms with Crippen molar-refractivity contribution >= 4 is 11.6 Å². The number of alkyl halides is 1. The molecule has 123 valence electrons. The van der Waals surface area contributed by atoms with Gasteiger partial charge < -0.3 is 9.47 Å². The first-order valence-corrected chi connectivity index (χ1v) is 9.21. The van der Waals surface area contributed by atoms with Crippen LogP contribution in [-0.4, -0.2) is 49.2 Å². The molecule has 4 heteroatoms. The maximum Gasteiger partial charge on any atom is 0.116 e. The maximum atomic E-state index is 6.62. The van der Waals surface area contributed by atoms with Crippen molar-refractivity contribution in [3.63, 3.8) is 0 Å². The quantitative estimate of drug-likeness (QED) is 0.499. The van der Waals surface area contributed by atoms with Crippen LogP contribution in [-0.2, 0) is 9.47 Å². The van der Waals surface area contributed by atoms with Gasteiger partial charge in [-0.2, -0.15) is 0 Å². The van der Waals surface area contributed by atoms with Crippen molar-refractivity contribution in [2.45, 2.75) is 69.7 Å². The Morgan fingerprint density at radius 2 is 1.90 bits per heavy atom. The molecule has 0 amide bonds. The standard InChI is InChI=1S/C17H31ClNO2/c1-2-3-12-20-13-14-21-16-9-7-8-15(18)17(16)19-10-5-4-6-11-19/h15,17H,2-14H2,1H3. The largest absolute Gasteiger partial charge is 0.379 e. The van der Waals surface area contributed by atoms with E-state index in [4.69, 9.17) is 21.1 Å². The maximum absolute atomic E-state index is 6.62. The van der Waals surface area contributed by atoms with E-state index in [-0.39, 0.29) is 5.38 Å². The van der Waals surface area contributed by atoms with Gasteiger partial charge in [-0.15, -0.1) is 11.6 Å². The van der Waals surface area contributed by atoms with Crippen molar-refractivity contribution < 1.29 is 9.47 Å². The Hall–Kier alpha value is 0.170. The van der Waals surface area contributed by atoms with Gasteiger partial charge in [0.25, 0.3) is 0 Å². The van der Waals surface area contributed by atoms with Gasteiger partial charge in [0, 0.05) is 6.61 Å². The van der Waals surface area contributed by atoms with E-state index in [2.05, 4.69) is 11.8 Å². The third-order valence-corrected chi connectivity index (χ3v) is 4.97. The number of unbranched alkanes of at least 4 members (excludes halogenated alkanes) is 1. The van der Waals surface area contributed by atoms with Gasteiger partial charge in [-0.1, -0.05) is 19.8 Å². The highest BCUT2D eigenvalue weighted by Gasteiger charge is 2.38. The summed E-state index contributed by atoms with van der Waals surface area (Å²) >= 11 is 6.62. The van der Waals surface area contributed by atoms with Crippen LogP contribution in [0, 0.1) is 6.10 Å². The molecule has 0 aromatic rings. The van der Waals surface area contributed by atoms with Gasteiger partial charge in [0.1, 0.15) is 6.10 Å². The van der Waals surface area contributed by atoms with Crippen molar-refractivity contribution in [2.24, 2.45) is 0 Å². The van der Waals surface area contributed by atoms with E-state index < -0.39 is 0 Å². The van der Waals surface area contributed by atoms with E-state index >= 15 is 0 Å². The van der Waals surface area contributed by atoms with Gasteiger partial charge in [0.05, 0.1) is 24.6 Å². The Bertz CT molecular complexity index is 272. The van der Waals surface area contributed by atoms with Gasteiger partial charge in [-0.05, 0) is 51.6 Å². The fourth-order valence-electron chi connectivity index (χ4n) is 3.35. The summed E-state index contributed by atoms with van der Waals surface area (Å²) in [7, 11) is 0. The molecule has 2 rings (SSSR count). The summed E-state index contributed by atoms with van der Waals surface area (Å²) in [6, 6.07) is 0.330. The van der Waals surface area contributed by atoms with Crippen LogP contribution in [0.5, 0.6) is 0 Å². The summed E-state index contributed by atoms with van der Waals surface area (Å²) in [6.07, 6.45) is 10.8. The minimum Gasteiger partial charge on any atom is -0.379 e. The topological polar surface area (TPSA) is 21.7 Å². The van der Waals surface area contributed by atoms with Crippen LogP contribution in [0.2, 0.25) is 0 Å². The lowest BCUT2D eigenvalue weighted by molar-refractivity contribution is 0.00329. The molecule has 0 bridgehead atoms. The molecule has 2 atom stereocenters. The number of ether oxygens (including phenoxy) is 2. The first kappa shape index (κ1) is 17.5. The Morgan fingerprint density at radius 3 is 2.67 bits per heavy atom. The normalized spacial score (nSPS) is 28.9. The molecule has 1 aliphatic carbocycles. The lowest BCUT2D eigenvalue weighted by atomic mass is 9.89. The molecule has 3 nitrogen and oxygen atoms in total. The Kier molecular flexibility index (Phi) is 8.38. The predicted molar refractivity (Wildman–Crippen MR) is 87.6 cm³/mol. The molecule has 21 heavy (non-hydrogen) atoms. The second kappa shape index (κ2) is 10.0. The second-order valence-electron chi connectivity index (χ2n) is 6.23.